The highest BCUT2D eigenvalue weighted by atomic mass is 16.5. The third kappa shape index (κ3) is 3.76. The second-order valence-corrected chi connectivity index (χ2v) is 8.03. The van der Waals surface area contributed by atoms with E-state index < -0.39 is 0 Å². The maximum absolute atomic E-state index is 13.3. The van der Waals surface area contributed by atoms with Gasteiger partial charge in [0.05, 0.1) is 46.9 Å². The van der Waals surface area contributed by atoms with Gasteiger partial charge in [0.25, 0.3) is 0 Å². The summed E-state index contributed by atoms with van der Waals surface area (Å²) in [4.78, 5) is 18.1. The van der Waals surface area contributed by atoms with Gasteiger partial charge in [-0.15, -0.1) is 0 Å². The molecule has 2 aromatic carbocycles. The monoisotopic (exact) mass is 467 g/mol. The van der Waals surface area contributed by atoms with E-state index in [0.29, 0.717) is 46.5 Å². The molecule has 9 heteroatoms. The summed E-state index contributed by atoms with van der Waals surface area (Å²) in [5, 5.41) is 0. The van der Waals surface area contributed by atoms with Crippen molar-refractivity contribution >= 4 is 5.69 Å². The van der Waals surface area contributed by atoms with Crippen LogP contribution in [0.2, 0.25) is 0 Å². The number of hydrogen-bond donors (Lipinski definition) is 0. The van der Waals surface area contributed by atoms with Crippen molar-refractivity contribution in [3.05, 3.63) is 51.9 Å². The normalized spacial score (nSPS) is 14.8. The number of ether oxygens (including phenoxy) is 5. The van der Waals surface area contributed by atoms with Crippen molar-refractivity contribution in [2.45, 2.75) is 19.4 Å². The molecule has 1 aliphatic heterocycles. The Morgan fingerprint density at radius 1 is 0.824 bits per heavy atom. The maximum Gasteiger partial charge on any atom is 0.329 e. The Kier molecular flexibility index (Phi) is 6.28. The van der Waals surface area contributed by atoms with Crippen LogP contribution in [0, 0.1) is 0 Å². The lowest BCUT2D eigenvalue weighted by atomic mass is 9.89. The molecule has 0 amide bonds. The van der Waals surface area contributed by atoms with Crippen LogP contribution in [0.25, 0.3) is 11.3 Å². The molecule has 0 radical (unpaired) electrons. The van der Waals surface area contributed by atoms with Gasteiger partial charge in [0, 0.05) is 43.3 Å². The van der Waals surface area contributed by atoms with Gasteiger partial charge in [-0.1, -0.05) is 6.92 Å². The van der Waals surface area contributed by atoms with Crippen molar-refractivity contribution < 1.29 is 23.7 Å². The highest BCUT2D eigenvalue weighted by molar-refractivity contribution is 5.71. The molecule has 34 heavy (non-hydrogen) atoms. The first-order valence-corrected chi connectivity index (χ1v) is 10.8. The van der Waals surface area contributed by atoms with Crippen LogP contribution in [-0.4, -0.2) is 44.7 Å². The summed E-state index contributed by atoms with van der Waals surface area (Å²) < 4.78 is 30.6. The van der Waals surface area contributed by atoms with Gasteiger partial charge in [0.1, 0.15) is 5.49 Å². The summed E-state index contributed by atoms with van der Waals surface area (Å²) >= 11 is 0. The number of fused-ring (bicyclic) bond motifs is 3. The quantitative estimate of drug-likeness (QED) is 0.553. The fourth-order valence-corrected chi connectivity index (χ4v) is 4.35. The molecule has 1 aliphatic rings. The molecule has 0 fully saturated rings. The molecule has 0 bridgehead atoms. The maximum atomic E-state index is 13.3. The topological polar surface area (TPSA) is 85.4 Å². The fourth-order valence-electron chi connectivity index (χ4n) is 4.35. The zero-order chi connectivity index (χ0) is 24.6. The number of benzene rings is 2. The highest BCUT2D eigenvalue weighted by Crippen LogP contribution is 2.42. The summed E-state index contributed by atoms with van der Waals surface area (Å²) in [6.07, 6.45) is 0. The molecule has 1 unspecified atom stereocenters. The molecule has 1 atom stereocenters. The average molecular weight is 468 g/mol. The van der Waals surface area contributed by atoms with Gasteiger partial charge in [-0.2, -0.15) is 0 Å². The van der Waals surface area contributed by atoms with Crippen LogP contribution >= 0.6 is 0 Å². The molecule has 0 spiro atoms. The zero-order valence-electron chi connectivity index (χ0n) is 20.5. The van der Waals surface area contributed by atoms with Crippen molar-refractivity contribution in [3.8, 4) is 40.0 Å². The molecular weight excluding hydrogens is 438 g/mol. The third-order valence-electron chi connectivity index (χ3n) is 6.13. The summed E-state index contributed by atoms with van der Waals surface area (Å²) in [6.45, 7) is 2.64. The molecule has 0 N–H and O–H groups in total. The first-order valence-electron chi connectivity index (χ1n) is 10.8. The van der Waals surface area contributed by atoms with E-state index in [9.17, 15) is 4.79 Å². The van der Waals surface area contributed by atoms with Crippen molar-refractivity contribution in [1.82, 2.24) is 9.13 Å². The molecule has 0 saturated carbocycles. The van der Waals surface area contributed by atoms with Gasteiger partial charge >= 0.3 is 5.69 Å². The van der Waals surface area contributed by atoms with E-state index >= 15 is 0 Å². The van der Waals surface area contributed by atoms with Gasteiger partial charge in [-0.25, -0.2) is 9.79 Å². The van der Waals surface area contributed by atoms with Gasteiger partial charge in [0.15, 0.2) is 23.0 Å². The predicted molar refractivity (Wildman–Crippen MR) is 128 cm³/mol. The van der Waals surface area contributed by atoms with E-state index in [2.05, 4.69) is 6.92 Å². The fraction of sp³-hybridized carbons (Fsp3) is 0.360. The number of hydrogen-bond acceptors (Lipinski definition) is 7. The number of rotatable bonds is 6. The second-order valence-electron chi connectivity index (χ2n) is 8.03. The van der Waals surface area contributed by atoms with Gasteiger partial charge in [-0.05, 0) is 17.7 Å². The summed E-state index contributed by atoms with van der Waals surface area (Å²) in [5.74, 6) is 2.82. The van der Waals surface area contributed by atoms with Crippen molar-refractivity contribution in [2.75, 3.05) is 35.5 Å². The Bertz CT molecular complexity index is 1350. The molecule has 0 saturated heterocycles. The second kappa shape index (κ2) is 9.17. The molecule has 9 nitrogen and oxygen atoms in total. The Labute approximate surface area is 197 Å². The Morgan fingerprint density at radius 3 is 1.97 bits per heavy atom. The van der Waals surface area contributed by atoms with Gasteiger partial charge in [0.2, 0.25) is 5.75 Å². The molecule has 0 aliphatic carbocycles. The summed E-state index contributed by atoms with van der Waals surface area (Å²) in [7, 11) is 9.56. The lowest BCUT2D eigenvalue weighted by molar-refractivity contribution is 0.324. The Morgan fingerprint density at radius 2 is 1.41 bits per heavy atom. The van der Waals surface area contributed by atoms with Crippen LogP contribution < -0.4 is 34.9 Å². The van der Waals surface area contributed by atoms with Crippen LogP contribution in [0.5, 0.6) is 28.7 Å². The van der Waals surface area contributed by atoms with E-state index in [0.717, 1.165) is 16.8 Å². The molecule has 1 aromatic heterocycles. The van der Waals surface area contributed by atoms with Gasteiger partial charge in [-0.3, -0.25) is 9.13 Å². The molecule has 180 valence electrons. The standard InChI is InChI=1S/C25H29N3O6/c1-14-13-28-18(17-11-20(31-4)19(30-3)10-16(14)17)12-23(27(2)25(28)29)26-15-8-21(32-5)24(34-7)22(9-15)33-6/h8-12,14H,13H2,1-7H3/b26-23-. The van der Waals surface area contributed by atoms with Crippen molar-refractivity contribution in [2.24, 2.45) is 12.0 Å². The first-order chi connectivity index (χ1) is 16.4. The molecule has 4 rings (SSSR count). The minimum atomic E-state index is -0.157. The summed E-state index contributed by atoms with van der Waals surface area (Å²) in [5.41, 5.74) is 3.66. The van der Waals surface area contributed by atoms with Crippen LogP contribution in [0.15, 0.2) is 40.1 Å². The molecule has 2 heterocycles. The molecular formula is C25H29N3O6. The van der Waals surface area contributed by atoms with E-state index in [4.69, 9.17) is 28.7 Å². The average Bonchev–Trinajstić information content (AvgIpc) is 2.86. The minimum absolute atomic E-state index is 0.123. The zero-order valence-corrected chi connectivity index (χ0v) is 20.5. The van der Waals surface area contributed by atoms with Gasteiger partial charge < -0.3 is 23.7 Å². The lowest BCUT2D eigenvalue weighted by Crippen LogP contribution is -2.41. The highest BCUT2D eigenvalue weighted by Gasteiger charge is 2.26. The third-order valence-corrected chi connectivity index (χ3v) is 6.13. The largest absolute Gasteiger partial charge is 0.493 e. The van der Waals surface area contributed by atoms with Crippen LogP contribution in [-0.2, 0) is 13.6 Å². The van der Waals surface area contributed by atoms with E-state index in [1.165, 1.54) is 4.57 Å². The first kappa shape index (κ1) is 23.3. The Hall–Kier alpha value is -3.88. The molecule has 3 aromatic rings. The lowest BCUT2D eigenvalue weighted by Gasteiger charge is -2.28. The minimum Gasteiger partial charge on any atom is -0.493 e. The van der Waals surface area contributed by atoms with Crippen molar-refractivity contribution in [3.63, 3.8) is 0 Å². The number of aromatic nitrogens is 2. The number of nitrogens with zero attached hydrogens (tertiary/aromatic N) is 3. The van der Waals surface area contributed by atoms with E-state index in [1.807, 2.05) is 18.2 Å². The van der Waals surface area contributed by atoms with E-state index in [1.54, 1.807) is 59.3 Å². The predicted octanol–water partition coefficient (Wildman–Crippen LogP) is 3.25. The van der Waals surface area contributed by atoms with Crippen LogP contribution in [0.4, 0.5) is 5.69 Å². The smallest absolute Gasteiger partial charge is 0.329 e. The Balaban J connectivity index is 1.98. The summed E-state index contributed by atoms with van der Waals surface area (Å²) in [6, 6.07) is 9.28. The van der Waals surface area contributed by atoms with Crippen LogP contribution in [0.3, 0.4) is 0 Å². The van der Waals surface area contributed by atoms with E-state index in [-0.39, 0.29) is 11.6 Å². The van der Waals surface area contributed by atoms with Crippen LogP contribution in [0.1, 0.15) is 18.4 Å². The van der Waals surface area contributed by atoms with Crippen molar-refractivity contribution in [1.29, 1.82) is 0 Å². The SMILES string of the molecule is COc1cc2c(cc1OC)C(C)Cn1c-2c/c(=N/c2cc(OC)c(OC)c(OC)c2)n(C)c1=O. The number of methoxy groups -OCH3 is 5.